The molecule has 0 radical (unpaired) electrons. The number of rotatable bonds is 4. The van der Waals surface area contributed by atoms with E-state index < -0.39 is 0 Å². The Labute approximate surface area is 190 Å². The first-order chi connectivity index (χ1) is 16.2. The number of fused-ring (bicyclic) bond motifs is 2. The Balaban J connectivity index is 1.29. The van der Waals surface area contributed by atoms with E-state index in [1.165, 1.54) is 12.8 Å². The Kier molecular flexibility index (Phi) is 4.83. The maximum Gasteiger partial charge on any atom is 0.276 e. The summed E-state index contributed by atoms with van der Waals surface area (Å²) >= 11 is 0. The van der Waals surface area contributed by atoms with Crippen LogP contribution < -0.4 is 19.7 Å². The number of aromatic nitrogens is 3. The van der Waals surface area contributed by atoms with Crippen LogP contribution in [0, 0.1) is 0 Å². The molecule has 0 aliphatic carbocycles. The quantitative estimate of drug-likeness (QED) is 0.492. The number of H-pyrrole nitrogens is 1. The molecule has 2 N–H and O–H groups in total. The van der Waals surface area contributed by atoms with Crippen LogP contribution in [0.4, 0.5) is 11.4 Å². The first-order valence-electron chi connectivity index (χ1n) is 11.1. The molecule has 8 heteroatoms. The van der Waals surface area contributed by atoms with E-state index in [-0.39, 0.29) is 5.91 Å². The monoisotopic (exact) mass is 441 g/mol. The molecule has 4 aromatic rings. The van der Waals surface area contributed by atoms with Crippen molar-refractivity contribution in [2.75, 3.05) is 36.5 Å². The van der Waals surface area contributed by atoms with E-state index in [0.29, 0.717) is 36.1 Å². The van der Waals surface area contributed by atoms with Crippen molar-refractivity contribution < 1.29 is 14.3 Å². The van der Waals surface area contributed by atoms with Gasteiger partial charge in [-0.2, -0.15) is 5.10 Å². The van der Waals surface area contributed by atoms with Gasteiger partial charge in [0.25, 0.3) is 5.91 Å². The molecule has 1 saturated heterocycles. The molecule has 0 unspecified atom stereocenters. The van der Waals surface area contributed by atoms with E-state index in [0.717, 1.165) is 40.8 Å². The van der Waals surface area contributed by atoms with Crippen LogP contribution in [-0.4, -0.2) is 47.4 Å². The van der Waals surface area contributed by atoms with Gasteiger partial charge in [0.05, 0.1) is 17.4 Å². The largest absolute Gasteiger partial charge is 0.486 e. The molecule has 0 atom stereocenters. The van der Waals surface area contributed by atoms with E-state index in [1.807, 2.05) is 30.6 Å². The highest BCUT2D eigenvalue weighted by atomic mass is 16.6. The lowest BCUT2D eigenvalue weighted by molar-refractivity contribution is 0.102. The van der Waals surface area contributed by atoms with E-state index >= 15 is 0 Å². The topological polar surface area (TPSA) is 92.4 Å². The molecule has 1 fully saturated rings. The molecule has 2 aliphatic rings. The van der Waals surface area contributed by atoms with E-state index in [4.69, 9.17) is 9.47 Å². The molecule has 4 heterocycles. The highest BCUT2D eigenvalue weighted by Crippen LogP contribution is 2.33. The molecule has 0 spiro atoms. The Morgan fingerprint density at radius 3 is 2.67 bits per heavy atom. The predicted octanol–water partition coefficient (Wildman–Crippen LogP) is 4.25. The molecule has 2 aliphatic heterocycles. The number of ether oxygens (including phenoxy) is 2. The number of hydrogen-bond acceptors (Lipinski definition) is 6. The van der Waals surface area contributed by atoms with Gasteiger partial charge in [-0.3, -0.25) is 14.9 Å². The summed E-state index contributed by atoms with van der Waals surface area (Å²) in [5.74, 6) is 1.01. The summed E-state index contributed by atoms with van der Waals surface area (Å²) in [7, 11) is 0. The van der Waals surface area contributed by atoms with Crippen LogP contribution in [0.25, 0.3) is 22.0 Å². The predicted molar refractivity (Wildman–Crippen MR) is 126 cm³/mol. The van der Waals surface area contributed by atoms with Crippen molar-refractivity contribution in [2.24, 2.45) is 0 Å². The number of benzene rings is 2. The minimum absolute atomic E-state index is 0.293. The Morgan fingerprint density at radius 2 is 1.79 bits per heavy atom. The van der Waals surface area contributed by atoms with Crippen molar-refractivity contribution in [3.8, 4) is 22.6 Å². The Hall–Kier alpha value is -4.07. The SMILES string of the molecule is O=C(Nc1ccc2c(c1)OCCO2)c1n[nH]c2ccc(-c3cncc(N4CCCC4)c3)cc12. The lowest BCUT2D eigenvalue weighted by Gasteiger charge is -2.18. The molecule has 2 aromatic heterocycles. The third kappa shape index (κ3) is 3.73. The number of aromatic amines is 1. The minimum Gasteiger partial charge on any atom is -0.486 e. The van der Waals surface area contributed by atoms with E-state index in [2.05, 4.69) is 31.5 Å². The van der Waals surface area contributed by atoms with Gasteiger partial charge >= 0.3 is 0 Å². The van der Waals surface area contributed by atoms with Crippen LogP contribution in [0.2, 0.25) is 0 Å². The molecular formula is C25H23N5O3. The van der Waals surface area contributed by atoms with Crippen LogP contribution >= 0.6 is 0 Å². The first kappa shape index (κ1) is 19.6. The highest BCUT2D eigenvalue weighted by molar-refractivity contribution is 6.11. The van der Waals surface area contributed by atoms with Gasteiger partial charge in [0.15, 0.2) is 17.2 Å². The van der Waals surface area contributed by atoms with Crippen molar-refractivity contribution in [2.45, 2.75) is 12.8 Å². The van der Waals surface area contributed by atoms with Crippen molar-refractivity contribution >= 4 is 28.2 Å². The molecule has 6 rings (SSSR count). The van der Waals surface area contributed by atoms with Gasteiger partial charge in [-0.15, -0.1) is 0 Å². The average molecular weight is 441 g/mol. The fourth-order valence-corrected chi connectivity index (χ4v) is 4.41. The summed E-state index contributed by atoms with van der Waals surface area (Å²) in [5.41, 5.74) is 4.90. The van der Waals surface area contributed by atoms with Gasteiger partial charge in [0.1, 0.15) is 13.2 Å². The number of carbonyl (C=O) groups is 1. The molecule has 1 amide bonds. The second kappa shape index (κ2) is 8.12. The molecule has 166 valence electrons. The van der Waals surface area contributed by atoms with E-state index in [9.17, 15) is 4.79 Å². The average Bonchev–Trinajstić information content (AvgIpc) is 3.54. The van der Waals surface area contributed by atoms with Crippen LogP contribution in [0.5, 0.6) is 11.5 Å². The molecule has 0 bridgehead atoms. The maximum absolute atomic E-state index is 13.0. The molecular weight excluding hydrogens is 418 g/mol. The van der Waals surface area contributed by atoms with Gasteiger partial charge in [0, 0.05) is 42.0 Å². The van der Waals surface area contributed by atoms with Crippen LogP contribution in [0.15, 0.2) is 54.9 Å². The maximum atomic E-state index is 13.0. The third-order valence-electron chi connectivity index (χ3n) is 6.11. The lowest BCUT2D eigenvalue weighted by Crippen LogP contribution is -2.17. The van der Waals surface area contributed by atoms with Crippen LogP contribution in [0.1, 0.15) is 23.3 Å². The summed E-state index contributed by atoms with van der Waals surface area (Å²) in [6.07, 6.45) is 6.20. The zero-order valence-electron chi connectivity index (χ0n) is 18.0. The number of nitrogens with one attached hydrogen (secondary N) is 2. The summed E-state index contributed by atoms with van der Waals surface area (Å²) in [6, 6.07) is 13.5. The van der Waals surface area contributed by atoms with Crippen molar-refractivity contribution in [3.05, 3.63) is 60.6 Å². The lowest BCUT2D eigenvalue weighted by atomic mass is 10.0. The number of nitrogens with zero attached hydrogens (tertiary/aromatic N) is 3. The van der Waals surface area contributed by atoms with Crippen LogP contribution in [0.3, 0.4) is 0 Å². The normalized spacial score (nSPS) is 15.1. The second-order valence-corrected chi connectivity index (χ2v) is 8.27. The summed E-state index contributed by atoms with van der Waals surface area (Å²) in [4.78, 5) is 19.9. The van der Waals surface area contributed by atoms with Gasteiger partial charge in [-0.25, -0.2) is 0 Å². The first-order valence-corrected chi connectivity index (χ1v) is 11.1. The molecule has 8 nitrogen and oxygen atoms in total. The molecule has 33 heavy (non-hydrogen) atoms. The van der Waals surface area contributed by atoms with Crippen molar-refractivity contribution in [1.82, 2.24) is 15.2 Å². The fraction of sp³-hybridized carbons (Fsp3) is 0.240. The summed E-state index contributed by atoms with van der Waals surface area (Å²) in [5, 5.41) is 10.9. The van der Waals surface area contributed by atoms with Crippen molar-refractivity contribution in [3.63, 3.8) is 0 Å². The van der Waals surface area contributed by atoms with Crippen molar-refractivity contribution in [1.29, 1.82) is 0 Å². The Morgan fingerprint density at radius 1 is 0.939 bits per heavy atom. The zero-order chi connectivity index (χ0) is 22.2. The van der Waals surface area contributed by atoms with Gasteiger partial charge < -0.3 is 19.7 Å². The summed E-state index contributed by atoms with van der Waals surface area (Å²) in [6.45, 7) is 3.15. The minimum atomic E-state index is -0.293. The number of anilines is 2. The van der Waals surface area contributed by atoms with Gasteiger partial charge in [-0.05, 0) is 48.7 Å². The number of amides is 1. The number of pyridine rings is 1. The highest BCUT2D eigenvalue weighted by Gasteiger charge is 2.18. The molecule has 2 aromatic carbocycles. The van der Waals surface area contributed by atoms with Crippen LogP contribution in [-0.2, 0) is 0 Å². The van der Waals surface area contributed by atoms with Gasteiger partial charge in [0.2, 0.25) is 0 Å². The van der Waals surface area contributed by atoms with E-state index in [1.54, 1.807) is 18.2 Å². The van der Waals surface area contributed by atoms with Gasteiger partial charge in [-0.1, -0.05) is 6.07 Å². The summed E-state index contributed by atoms with van der Waals surface area (Å²) < 4.78 is 11.2. The third-order valence-corrected chi connectivity index (χ3v) is 6.11. The zero-order valence-corrected chi connectivity index (χ0v) is 18.0. The molecule has 0 saturated carbocycles. The standard InChI is InChI=1S/C25H23N5O3/c31-25(27-18-4-6-22-23(13-18)33-10-9-32-22)24-20-12-16(3-5-21(20)28-29-24)17-11-19(15-26-14-17)30-7-1-2-8-30/h3-6,11-15H,1-2,7-10H2,(H,27,31)(H,28,29). The number of carbonyl (C=O) groups excluding carboxylic acids is 1. The Bertz CT molecular complexity index is 1340. The fourth-order valence-electron chi connectivity index (χ4n) is 4.41. The smallest absolute Gasteiger partial charge is 0.276 e. The number of hydrogen-bond donors (Lipinski definition) is 2. The second-order valence-electron chi connectivity index (χ2n) is 8.27.